The van der Waals surface area contributed by atoms with E-state index in [-0.39, 0.29) is 0 Å². The zero-order chi connectivity index (χ0) is 10.7. The van der Waals surface area contributed by atoms with Crippen molar-refractivity contribution in [1.29, 1.82) is 0 Å². The maximum atomic E-state index is 8.89. The molecule has 15 heavy (non-hydrogen) atoms. The molecule has 2 aliphatic rings. The number of oxime groups is 1. The second kappa shape index (κ2) is 4.97. The van der Waals surface area contributed by atoms with Gasteiger partial charge in [0.25, 0.3) is 0 Å². The van der Waals surface area contributed by atoms with E-state index in [0.717, 1.165) is 37.6 Å². The number of rotatable bonds is 3. The van der Waals surface area contributed by atoms with Crippen LogP contribution in [0.2, 0.25) is 0 Å². The van der Waals surface area contributed by atoms with Crippen LogP contribution in [-0.2, 0) is 0 Å². The highest BCUT2D eigenvalue weighted by Gasteiger charge is 2.27. The van der Waals surface area contributed by atoms with Gasteiger partial charge in [0.2, 0.25) is 0 Å². The van der Waals surface area contributed by atoms with Crippen molar-refractivity contribution in [2.45, 2.75) is 39.0 Å². The molecular formula is C12H22N2O. The van der Waals surface area contributed by atoms with E-state index in [0.29, 0.717) is 5.92 Å². The maximum Gasteiger partial charge on any atom is 0.0627 e. The second-order valence-electron chi connectivity index (χ2n) is 5.00. The summed E-state index contributed by atoms with van der Waals surface area (Å²) in [5.74, 6) is 1.44. The van der Waals surface area contributed by atoms with Crippen molar-refractivity contribution in [3.8, 4) is 0 Å². The predicted molar refractivity (Wildman–Crippen MR) is 61.4 cm³/mol. The van der Waals surface area contributed by atoms with Crippen LogP contribution in [-0.4, -0.2) is 35.5 Å². The van der Waals surface area contributed by atoms with E-state index in [9.17, 15) is 0 Å². The minimum Gasteiger partial charge on any atom is -0.411 e. The topological polar surface area (TPSA) is 35.8 Å². The summed E-state index contributed by atoms with van der Waals surface area (Å²) in [6, 6.07) is 0. The molecule has 1 atom stereocenters. The smallest absolute Gasteiger partial charge is 0.0627 e. The fourth-order valence-electron chi connectivity index (χ4n) is 2.69. The Balaban J connectivity index is 1.83. The lowest BCUT2D eigenvalue weighted by Crippen LogP contribution is -2.43. The zero-order valence-corrected chi connectivity index (χ0v) is 9.65. The van der Waals surface area contributed by atoms with Crippen LogP contribution in [0, 0.1) is 11.8 Å². The minimum absolute atomic E-state index is 0.490. The molecule has 1 saturated carbocycles. The van der Waals surface area contributed by atoms with E-state index >= 15 is 0 Å². The van der Waals surface area contributed by atoms with E-state index in [1.807, 2.05) is 0 Å². The summed E-state index contributed by atoms with van der Waals surface area (Å²) in [7, 11) is 0. The van der Waals surface area contributed by atoms with Crippen LogP contribution in [0.25, 0.3) is 0 Å². The lowest BCUT2D eigenvalue weighted by molar-refractivity contribution is 0.157. The molecule has 1 heterocycles. The van der Waals surface area contributed by atoms with Gasteiger partial charge in [0, 0.05) is 32.0 Å². The largest absolute Gasteiger partial charge is 0.411 e. The van der Waals surface area contributed by atoms with Crippen molar-refractivity contribution in [3.05, 3.63) is 0 Å². The van der Waals surface area contributed by atoms with Crippen LogP contribution in [0.15, 0.2) is 5.16 Å². The van der Waals surface area contributed by atoms with Crippen LogP contribution >= 0.6 is 0 Å². The molecule has 3 nitrogen and oxygen atoms in total. The first-order valence-corrected chi connectivity index (χ1v) is 6.26. The Bertz CT molecular complexity index is 236. The summed E-state index contributed by atoms with van der Waals surface area (Å²) in [6.45, 7) is 5.65. The third-order valence-electron chi connectivity index (χ3n) is 4.00. The van der Waals surface area contributed by atoms with Crippen molar-refractivity contribution in [2.24, 2.45) is 17.0 Å². The van der Waals surface area contributed by atoms with E-state index < -0.39 is 0 Å². The van der Waals surface area contributed by atoms with Gasteiger partial charge >= 0.3 is 0 Å². The molecule has 0 bridgehead atoms. The van der Waals surface area contributed by atoms with Crippen molar-refractivity contribution in [3.63, 3.8) is 0 Å². The van der Waals surface area contributed by atoms with Crippen LogP contribution < -0.4 is 0 Å². The molecule has 0 spiro atoms. The molecule has 1 saturated heterocycles. The lowest BCUT2D eigenvalue weighted by Gasteiger charge is -2.37. The summed E-state index contributed by atoms with van der Waals surface area (Å²) in [5, 5.41) is 12.3. The Hall–Kier alpha value is -0.570. The molecule has 1 aliphatic heterocycles. The average Bonchev–Trinajstić information content (AvgIpc) is 2.23. The molecule has 1 N–H and O–H groups in total. The number of hydrogen-bond acceptors (Lipinski definition) is 3. The first kappa shape index (κ1) is 10.9. The molecule has 0 aromatic rings. The van der Waals surface area contributed by atoms with Gasteiger partial charge in [0.15, 0.2) is 0 Å². The Morgan fingerprint density at radius 2 is 2.27 bits per heavy atom. The van der Waals surface area contributed by atoms with Gasteiger partial charge in [-0.15, -0.1) is 0 Å². The third-order valence-corrected chi connectivity index (χ3v) is 4.00. The standard InChI is InChI=1S/C12H22N2O/c1-2-11-9-14(7-6-12(11)13-15)8-10-4-3-5-10/h10-11,15H,2-9H2,1H3. The highest BCUT2D eigenvalue weighted by Crippen LogP contribution is 2.28. The van der Waals surface area contributed by atoms with Crippen LogP contribution in [0.1, 0.15) is 39.0 Å². The van der Waals surface area contributed by atoms with Crippen molar-refractivity contribution >= 4 is 5.71 Å². The Kier molecular flexibility index (Phi) is 3.62. The SMILES string of the molecule is CCC1CN(CC2CCC2)CCC1=NO. The second-order valence-corrected chi connectivity index (χ2v) is 5.00. The van der Waals surface area contributed by atoms with E-state index in [1.54, 1.807) is 0 Å². The summed E-state index contributed by atoms with van der Waals surface area (Å²) >= 11 is 0. The molecule has 2 rings (SSSR count). The molecule has 0 aromatic carbocycles. The number of likely N-dealkylation sites (tertiary alicyclic amines) is 1. The van der Waals surface area contributed by atoms with E-state index in [2.05, 4.69) is 17.0 Å². The first-order valence-electron chi connectivity index (χ1n) is 6.26. The Morgan fingerprint density at radius 3 is 2.80 bits per heavy atom. The number of hydrogen-bond donors (Lipinski definition) is 1. The highest BCUT2D eigenvalue weighted by molar-refractivity contribution is 5.87. The van der Waals surface area contributed by atoms with Crippen molar-refractivity contribution < 1.29 is 5.21 Å². The molecule has 1 aliphatic carbocycles. The fourth-order valence-corrected chi connectivity index (χ4v) is 2.69. The fraction of sp³-hybridized carbons (Fsp3) is 0.917. The van der Waals surface area contributed by atoms with Gasteiger partial charge in [-0.1, -0.05) is 18.5 Å². The summed E-state index contributed by atoms with van der Waals surface area (Å²) in [4.78, 5) is 2.56. The van der Waals surface area contributed by atoms with E-state index in [1.165, 1.54) is 25.8 Å². The van der Waals surface area contributed by atoms with Crippen molar-refractivity contribution in [1.82, 2.24) is 4.90 Å². The molecule has 0 aromatic heterocycles. The van der Waals surface area contributed by atoms with Crippen LogP contribution in [0.4, 0.5) is 0 Å². The lowest BCUT2D eigenvalue weighted by atomic mass is 9.84. The first-order chi connectivity index (χ1) is 7.33. The normalized spacial score (nSPS) is 31.8. The van der Waals surface area contributed by atoms with E-state index in [4.69, 9.17) is 5.21 Å². The summed E-state index contributed by atoms with van der Waals surface area (Å²) < 4.78 is 0. The Labute approximate surface area is 92.1 Å². The zero-order valence-electron chi connectivity index (χ0n) is 9.65. The van der Waals surface area contributed by atoms with Gasteiger partial charge in [-0.3, -0.25) is 0 Å². The van der Waals surface area contributed by atoms with Gasteiger partial charge in [0.1, 0.15) is 0 Å². The quantitative estimate of drug-likeness (QED) is 0.573. The summed E-state index contributed by atoms with van der Waals surface area (Å²) in [5.41, 5.74) is 1.02. The molecule has 0 radical (unpaired) electrons. The average molecular weight is 210 g/mol. The van der Waals surface area contributed by atoms with Crippen LogP contribution in [0.3, 0.4) is 0 Å². The van der Waals surface area contributed by atoms with Gasteiger partial charge in [0.05, 0.1) is 5.71 Å². The predicted octanol–water partition coefficient (Wildman–Crippen LogP) is 2.35. The highest BCUT2D eigenvalue weighted by atomic mass is 16.4. The van der Waals surface area contributed by atoms with Crippen molar-refractivity contribution in [2.75, 3.05) is 19.6 Å². The maximum absolute atomic E-state index is 8.89. The van der Waals surface area contributed by atoms with Crippen LogP contribution in [0.5, 0.6) is 0 Å². The number of nitrogens with zero attached hydrogens (tertiary/aromatic N) is 2. The number of piperidine rings is 1. The Morgan fingerprint density at radius 1 is 1.47 bits per heavy atom. The van der Waals surface area contributed by atoms with Gasteiger partial charge in [-0.05, 0) is 25.2 Å². The molecule has 0 amide bonds. The minimum atomic E-state index is 0.490. The van der Waals surface area contributed by atoms with Gasteiger partial charge in [-0.25, -0.2) is 0 Å². The monoisotopic (exact) mass is 210 g/mol. The molecule has 2 fully saturated rings. The molecule has 1 unspecified atom stereocenters. The summed E-state index contributed by atoms with van der Waals surface area (Å²) in [6.07, 6.45) is 6.34. The molecule has 86 valence electrons. The van der Waals surface area contributed by atoms with Gasteiger partial charge < -0.3 is 10.1 Å². The molecule has 3 heteroatoms. The van der Waals surface area contributed by atoms with Gasteiger partial charge in [-0.2, -0.15) is 0 Å². The molecular weight excluding hydrogens is 188 g/mol. The third kappa shape index (κ3) is 2.51.